The van der Waals surface area contributed by atoms with Crippen molar-refractivity contribution in [2.24, 2.45) is 0 Å². The second kappa shape index (κ2) is 16.9. The Morgan fingerprint density at radius 1 is 0.850 bits per heavy atom. The second-order valence-electron chi connectivity index (χ2n) is 5.24. The molecule has 0 unspecified atom stereocenters. The summed E-state index contributed by atoms with van der Waals surface area (Å²) in [6.07, 6.45) is 12.8. The summed E-state index contributed by atoms with van der Waals surface area (Å²) in [5.41, 5.74) is 1.95. The maximum absolute atomic E-state index is 5.49. The largest absolute Gasteiger partial charge is 0.419 e. The molecule has 0 fully saturated rings. The normalized spacial score (nSPS) is 11.8. The van der Waals surface area contributed by atoms with Gasteiger partial charge in [0.1, 0.15) is 0 Å². The summed E-state index contributed by atoms with van der Waals surface area (Å²) >= 11 is 0. The van der Waals surface area contributed by atoms with E-state index in [0.717, 1.165) is 13.0 Å². The molecule has 4 heteroatoms. The molecule has 0 aromatic heterocycles. The van der Waals surface area contributed by atoms with E-state index in [9.17, 15) is 0 Å². The lowest BCUT2D eigenvalue weighted by Gasteiger charge is -2.12. The number of unbranched alkanes of at least 4 members (excludes halogenated alkanes) is 8. The van der Waals surface area contributed by atoms with Crippen LogP contribution in [0.4, 0.5) is 0 Å². The molecule has 0 rings (SSSR count). The van der Waals surface area contributed by atoms with E-state index in [4.69, 9.17) is 13.9 Å². The maximum Gasteiger partial charge on any atom is 0.184 e. The molecule has 0 aliphatic heterocycles. The van der Waals surface area contributed by atoms with Crippen LogP contribution in [0.2, 0.25) is 0 Å². The molecular weight excluding hydrogens is 268 g/mol. The van der Waals surface area contributed by atoms with E-state index in [1.165, 1.54) is 57.8 Å². The van der Waals surface area contributed by atoms with Gasteiger partial charge < -0.3 is 13.9 Å². The SMILES string of the molecule is C=C[SiH2]OCCCCCCCCCCCC(OC)OC. The fraction of sp³-hybridized carbons (Fsp3) is 0.875. The van der Waals surface area contributed by atoms with Crippen molar-refractivity contribution in [1.29, 1.82) is 0 Å². The number of hydrogen-bond acceptors (Lipinski definition) is 3. The Balaban J connectivity index is 3.04. The smallest absolute Gasteiger partial charge is 0.184 e. The average molecular weight is 303 g/mol. The van der Waals surface area contributed by atoms with Crippen molar-refractivity contribution in [3.8, 4) is 0 Å². The van der Waals surface area contributed by atoms with Gasteiger partial charge in [-0.1, -0.05) is 50.6 Å². The summed E-state index contributed by atoms with van der Waals surface area (Å²) in [5.74, 6) is 0. The zero-order valence-corrected chi connectivity index (χ0v) is 15.0. The van der Waals surface area contributed by atoms with Gasteiger partial charge in [0.25, 0.3) is 0 Å². The molecule has 0 N–H and O–H groups in total. The lowest BCUT2D eigenvalue weighted by atomic mass is 10.1. The van der Waals surface area contributed by atoms with Gasteiger partial charge in [0.05, 0.1) is 0 Å². The van der Waals surface area contributed by atoms with Gasteiger partial charge in [-0.3, -0.25) is 0 Å². The molecule has 0 aliphatic rings. The van der Waals surface area contributed by atoms with Gasteiger partial charge in [0, 0.05) is 20.8 Å². The minimum atomic E-state index is -0.398. The average Bonchev–Trinajstić information content (AvgIpc) is 2.48. The van der Waals surface area contributed by atoms with E-state index >= 15 is 0 Å². The minimum absolute atomic E-state index is 0.0126. The third-order valence-corrected chi connectivity index (χ3v) is 4.25. The van der Waals surface area contributed by atoms with E-state index in [1.54, 1.807) is 14.2 Å². The Kier molecular flexibility index (Phi) is 16.8. The molecule has 3 nitrogen and oxygen atoms in total. The molecule has 0 heterocycles. The quantitative estimate of drug-likeness (QED) is 0.247. The Labute approximate surface area is 128 Å². The highest BCUT2D eigenvalue weighted by Gasteiger charge is 2.03. The first-order valence-electron chi connectivity index (χ1n) is 8.09. The van der Waals surface area contributed by atoms with E-state index in [-0.39, 0.29) is 6.29 Å². The monoisotopic (exact) mass is 302 g/mol. The first-order chi connectivity index (χ1) is 9.85. The van der Waals surface area contributed by atoms with Crippen LogP contribution in [0, 0.1) is 0 Å². The van der Waals surface area contributed by atoms with Crippen molar-refractivity contribution in [3.05, 3.63) is 12.3 Å². The lowest BCUT2D eigenvalue weighted by molar-refractivity contribution is -0.107. The van der Waals surface area contributed by atoms with E-state index in [2.05, 4.69) is 6.58 Å². The van der Waals surface area contributed by atoms with E-state index < -0.39 is 9.76 Å². The summed E-state index contributed by atoms with van der Waals surface area (Å²) < 4.78 is 15.8. The van der Waals surface area contributed by atoms with Crippen LogP contribution >= 0.6 is 0 Å². The van der Waals surface area contributed by atoms with Gasteiger partial charge in [-0.05, 0) is 19.3 Å². The van der Waals surface area contributed by atoms with Crippen molar-refractivity contribution < 1.29 is 13.9 Å². The van der Waals surface area contributed by atoms with Crippen molar-refractivity contribution in [3.63, 3.8) is 0 Å². The van der Waals surface area contributed by atoms with Crippen LogP contribution < -0.4 is 0 Å². The van der Waals surface area contributed by atoms with Gasteiger partial charge in [-0.15, -0.1) is 6.58 Å². The Hall–Kier alpha value is -0.163. The number of ether oxygens (including phenoxy) is 2. The summed E-state index contributed by atoms with van der Waals surface area (Å²) in [5, 5.41) is 0. The molecule has 0 aromatic rings. The summed E-state index contributed by atoms with van der Waals surface area (Å²) in [4.78, 5) is 0. The van der Waals surface area contributed by atoms with Crippen LogP contribution in [0.25, 0.3) is 0 Å². The molecule has 0 saturated carbocycles. The molecule has 0 atom stereocenters. The van der Waals surface area contributed by atoms with Crippen molar-refractivity contribution in [2.45, 2.75) is 70.5 Å². The standard InChI is InChI=1S/C16H34O3Si/c1-4-20-19-15-13-11-9-7-5-6-8-10-12-14-16(17-2)18-3/h4,16H,1,5-15,20H2,2-3H3. The second-order valence-corrected chi connectivity index (χ2v) is 6.55. The molecular formula is C16H34O3Si. The van der Waals surface area contributed by atoms with E-state index in [0.29, 0.717) is 0 Å². The minimum Gasteiger partial charge on any atom is -0.419 e. The van der Waals surface area contributed by atoms with Crippen LogP contribution in [0.5, 0.6) is 0 Å². The first-order valence-corrected chi connectivity index (χ1v) is 9.48. The van der Waals surface area contributed by atoms with E-state index in [1.807, 2.05) is 5.70 Å². The lowest BCUT2D eigenvalue weighted by Crippen LogP contribution is -2.12. The predicted octanol–water partition coefficient (Wildman–Crippen LogP) is 3.75. The molecule has 120 valence electrons. The molecule has 0 spiro atoms. The number of methoxy groups -OCH3 is 2. The summed E-state index contributed by atoms with van der Waals surface area (Å²) in [7, 11) is 3.02. The molecule has 0 radical (unpaired) electrons. The third kappa shape index (κ3) is 14.3. The highest BCUT2D eigenvalue weighted by molar-refractivity contribution is 6.33. The molecule has 0 bridgehead atoms. The molecule has 0 aliphatic carbocycles. The Morgan fingerprint density at radius 2 is 1.35 bits per heavy atom. The van der Waals surface area contributed by atoms with Gasteiger partial charge in [0.2, 0.25) is 0 Å². The third-order valence-electron chi connectivity index (χ3n) is 3.49. The topological polar surface area (TPSA) is 27.7 Å². The summed E-state index contributed by atoms with van der Waals surface area (Å²) in [6.45, 7) is 4.63. The zero-order chi connectivity index (χ0) is 14.9. The fourth-order valence-electron chi connectivity index (χ4n) is 2.25. The molecule has 0 aromatic carbocycles. The van der Waals surface area contributed by atoms with Crippen LogP contribution in [-0.2, 0) is 13.9 Å². The molecule has 0 amide bonds. The fourth-order valence-corrected chi connectivity index (χ4v) is 2.79. The Morgan fingerprint density at radius 3 is 1.85 bits per heavy atom. The van der Waals surface area contributed by atoms with Crippen LogP contribution in [0.15, 0.2) is 12.3 Å². The number of rotatable bonds is 16. The van der Waals surface area contributed by atoms with Gasteiger partial charge in [-0.2, -0.15) is 0 Å². The predicted molar refractivity (Wildman–Crippen MR) is 88.7 cm³/mol. The highest BCUT2D eigenvalue weighted by Crippen LogP contribution is 2.12. The maximum atomic E-state index is 5.49. The highest BCUT2D eigenvalue weighted by atomic mass is 28.2. The van der Waals surface area contributed by atoms with Crippen molar-refractivity contribution in [1.82, 2.24) is 0 Å². The van der Waals surface area contributed by atoms with Gasteiger partial charge in [-0.25, -0.2) is 0 Å². The Bertz CT molecular complexity index is 196. The van der Waals surface area contributed by atoms with Crippen LogP contribution in [-0.4, -0.2) is 36.9 Å². The van der Waals surface area contributed by atoms with Crippen LogP contribution in [0.3, 0.4) is 0 Å². The van der Waals surface area contributed by atoms with Crippen molar-refractivity contribution in [2.75, 3.05) is 20.8 Å². The molecule has 20 heavy (non-hydrogen) atoms. The summed E-state index contributed by atoms with van der Waals surface area (Å²) in [6, 6.07) is 0. The van der Waals surface area contributed by atoms with Gasteiger partial charge >= 0.3 is 0 Å². The van der Waals surface area contributed by atoms with Gasteiger partial charge in [0.15, 0.2) is 16.1 Å². The van der Waals surface area contributed by atoms with Crippen molar-refractivity contribution >= 4 is 9.76 Å². The zero-order valence-electron chi connectivity index (χ0n) is 13.6. The first kappa shape index (κ1) is 19.8. The molecule has 0 saturated heterocycles. The number of hydrogen-bond donors (Lipinski definition) is 0. The van der Waals surface area contributed by atoms with Crippen LogP contribution in [0.1, 0.15) is 64.2 Å².